The lowest BCUT2D eigenvalue weighted by atomic mass is 9.89. The van der Waals surface area contributed by atoms with Gasteiger partial charge in [-0.25, -0.2) is 0 Å². The molecule has 0 bridgehead atoms. The molecular formula is C20H26O. The fraction of sp³-hybridized carbons (Fsp3) is 0.500. The quantitative estimate of drug-likeness (QED) is 0.705. The summed E-state index contributed by atoms with van der Waals surface area (Å²) in [5, 5.41) is 2.66. The zero-order valence-corrected chi connectivity index (χ0v) is 13.5. The molecule has 2 aromatic carbocycles. The Morgan fingerprint density at radius 3 is 2.52 bits per heavy atom. The van der Waals surface area contributed by atoms with Crippen LogP contribution < -0.4 is 4.74 Å². The van der Waals surface area contributed by atoms with E-state index in [9.17, 15) is 0 Å². The lowest BCUT2D eigenvalue weighted by Crippen LogP contribution is -2.23. The Morgan fingerprint density at radius 1 is 1.05 bits per heavy atom. The molecule has 0 saturated heterocycles. The summed E-state index contributed by atoms with van der Waals surface area (Å²) < 4.78 is 6.30. The van der Waals surface area contributed by atoms with Gasteiger partial charge in [0.1, 0.15) is 5.75 Å². The maximum atomic E-state index is 6.30. The van der Waals surface area contributed by atoms with Gasteiger partial charge in [-0.3, -0.25) is 0 Å². The largest absolute Gasteiger partial charge is 0.490 e. The Balaban J connectivity index is 1.84. The van der Waals surface area contributed by atoms with E-state index in [1.54, 1.807) is 0 Å². The highest BCUT2D eigenvalue weighted by Crippen LogP contribution is 2.32. The van der Waals surface area contributed by atoms with Gasteiger partial charge in [-0.05, 0) is 72.9 Å². The van der Waals surface area contributed by atoms with Gasteiger partial charge < -0.3 is 4.74 Å². The van der Waals surface area contributed by atoms with E-state index < -0.39 is 0 Å². The predicted molar refractivity (Wildman–Crippen MR) is 90.1 cm³/mol. The van der Waals surface area contributed by atoms with Crippen molar-refractivity contribution in [2.75, 3.05) is 0 Å². The second kappa shape index (κ2) is 6.09. The van der Waals surface area contributed by atoms with Gasteiger partial charge in [0, 0.05) is 0 Å². The fourth-order valence-electron chi connectivity index (χ4n) is 3.39. The van der Waals surface area contributed by atoms with Crippen molar-refractivity contribution in [2.24, 2.45) is 5.92 Å². The predicted octanol–water partition coefficient (Wildman–Crippen LogP) is 5.67. The third-order valence-corrected chi connectivity index (χ3v) is 4.97. The molecule has 1 aliphatic rings. The Morgan fingerprint density at radius 2 is 1.81 bits per heavy atom. The molecule has 0 radical (unpaired) electrons. The third kappa shape index (κ3) is 3.07. The van der Waals surface area contributed by atoms with Crippen LogP contribution in [-0.2, 0) is 6.42 Å². The molecule has 0 atom stereocenters. The highest BCUT2D eigenvalue weighted by molar-refractivity contribution is 5.88. The van der Waals surface area contributed by atoms with Crippen molar-refractivity contribution in [3.8, 4) is 5.75 Å². The summed E-state index contributed by atoms with van der Waals surface area (Å²) in [6.45, 7) is 6.74. The molecule has 1 heteroatoms. The van der Waals surface area contributed by atoms with Crippen molar-refractivity contribution in [3.05, 3.63) is 41.5 Å². The van der Waals surface area contributed by atoms with Crippen molar-refractivity contribution >= 4 is 10.8 Å². The molecule has 0 N–H and O–H groups in total. The van der Waals surface area contributed by atoms with E-state index in [0.29, 0.717) is 6.10 Å². The molecule has 1 fully saturated rings. The SMILES string of the molecule is CCc1ccc2c(C)c(OC3CCC(C)CC3)ccc2c1. The van der Waals surface area contributed by atoms with E-state index in [1.165, 1.54) is 47.6 Å². The number of rotatable bonds is 3. The molecule has 0 spiro atoms. The molecule has 1 aliphatic carbocycles. The van der Waals surface area contributed by atoms with Crippen molar-refractivity contribution in [1.82, 2.24) is 0 Å². The minimum atomic E-state index is 0.410. The number of hydrogen-bond acceptors (Lipinski definition) is 1. The Bertz CT molecular complexity index is 621. The molecule has 2 aromatic rings. The maximum Gasteiger partial charge on any atom is 0.123 e. The first-order valence-corrected chi connectivity index (χ1v) is 8.36. The summed E-state index contributed by atoms with van der Waals surface area (Å²) >= 11 is 0. The molecule has 0 heterocycles. The van der Waals surface area contributed by atoms with Gasteiger partial charge in [-0.1, -0.05) is 38.1 Å². The van der Waals surface area contributed by atoms with Crippen molar-refractivity contribution in [1.29, 1.82) is 0 Å². The van der Waals surface area contributed by atoms with Gasteiger partial charge in [0.05, 0.1) is 6.10 Å². The molecule has 0 aromatic heterocycles. The lowest BCUT2D eigenvalue weighted by Gasteiger charge is -2.27. The van der Waals surface area contributed by atoms with Gasteiger partial charge in [-0.2, -0.15) is 0 Å². The molecule has 1 nitrogen and oxygen atoms in total. The normalized spacial score (nSPS) is 22.4. The number of aryl methyl sites for hydroxylation is 2. The lowest BCUT2D eigenvalue weighted by molar-refractivity contribution is 0.135. The van der Waals surface area contributed by atoms with Crippen LogP contribution in [0.4, 0.5) is 0 Å². The van der Waals surface area contributed by atoms with Gasteiger partial charge in [0.2, 0.25) is 0 Å². The second-order valence-corrected chi connectivity index (χ2v) is 6.60. The zero-order chi connectivity index (χ0) is 14.8. The molecule has 0 amide bonds. The van der Waals surface area contributed by atoms with Crippen molar-refractivity contribution in [3.63, 3.8) is 0 Å². The topological polar surface area (TPSA) is 9.23 Å². The third-order valence-electron chi connectivity index (χ3n) is 4.97. The van der Waals surface area contributed by atoms with Crippen LogP contribution in [0.2, 0.25) is 0 Å². The van der Waals surface area contributed by atoms with E-state index in [2.05, 4.69) is 51.1 Å². The van der Waals surface area contributed by atoms with Gasteiger partial charge in [-0.15, -0.1) is 0 Å². The van der Waals surface area contributed by atoms with Crippen molar-refractivity contribution < 1.29 is 4.74 Å². The summed E-state index contributed by atoms with van der Waals surface area (Å²) in [5.41, 5.74) is 2.69. The van der Waals surface area contributed by atoms with Gasteiger partial charge >= 0.3 is 0 Å². The molecular weight excluding hydrogens is 256 g/mol. The highest BCUT2D eigenvalue weighted by atomic mass is 16.5. The zero-order valence-electron chi connectivity index (χ0n) is 13.5. The average Bonchev–Trinajstić information content (AvgIpc) is 2.52. The maximum absolute atomic E-state index is 6.30. The van der Waals surface area contributed by atoms with Crippen LogP contribution in [0.15, 0.2) is 30.3 Å². The minimum Gasteiger partial charge on any atom is -0.490 e. The Kier molecular flexibility index (Phi) is 4.19. The Labute approximate surface area is 128 Å². The van der Waals surface area contributed by atoms with Crippen LogP contribution in [-0.4, -0.2) is 6.10 Å². The first-order chi connectivity index (χ1) is 10.2. The van der Waals surface area contributed by atoms with E-state index in [0.717, 1.165) is 18.1 Å². The smallest absolute Gasteiger partial charge is 0.123 e. The monoisotopic (exact) mass is 282 g/mol. The molecule has 21 heavy (non-hydrogen) atoms. The van der Waals surface area contributed by atoms with Crippen LogP contribution in [0.1, 0.15) is 50.7 Å². The number of benzene rings is 2. The first-order valence-electron chi connectivity index (χ1n) is 8.36. The van der Waals surface area contributed by atoms with Crippen LogP contribution >= 0.6 is 0 Å². The van der Waals surface area contributed by atoms with Gasteiger partial charge in [0.25, 0.3) is 0 Å². The van der Waals surface area contributed by atoms with E-state index >= 15 is 0 Å². The average molecular weight is 282 g/mol. The van der Waals surface area contributed by atoms with Crippen LogP contribution in [0, 0.1) is 12.8 Å². The highest BCUT2D eigenvalue weighted by Gasteiger charge is 2.20. The van der Waals surface area contributed by atoms with Gasteiger partial charge in [0.15, 0.2) is 0 Å². The van der Waals surface area contributed by atoms with E-state index in [4.69, 9.17) is 4.74 Å². The molecule has 0 unspecified atom stereocenters. The van der Waals surface area contributed by atoms with E-state index in [1.807, 2.05) is 0 Å². The van der Waals surface area contributed by atoms with Crippen LogP contribution in [0.5, 0.6) is 5.75 Å². The van der Waals surface area contributed by atoms with Crippen LogP contribution in [0.25, 0.3) is 10.8 Å². The standard InChI is InChI=1S/C20H26O/c1-4-16-7-11-19-15(3)20(12-8-17(19)13-16)21-18-9-5-14(2)6-10-18/h7-8,11-14,18H,4-6,9-10H2,1-3H3. The Hall–Kier alpha value is -1.50. The molecule has 1 saturated carbocycles. The van der Waals surface area contributed by atoms with Crippen LogP contribution in [0.3, 0.4) is 0 Å². The number of ether oxygens (including phenoxy) is 1. The summed E-state index contributed by atoms with van der Waals surface area (Å²) in [6, 6.07) is 11.2. The second-order valence-electron chi connectivity index (χ2n) is 6.60. The van der Waals surface area contributed by atoms with Crippen molar-refractivity contribution in [2.45, 2.75) is 59.0 Å². The fourth-order valence-corrected chi connectivity index (χ4v) is 3.39. The summed E-state index contributed by atoms with van der Waals surface area (Å²) in [4.78, 5) is 0. The first kappa shape index (κ1) is 14.4. The number of fused-ring (bicyclic) bond motifs is 1. The summed E-state index contributed by atoms with van der Waals surface area (Å²) in [6.07, 6.45) is 6.51. The number of hydrogen-bond donors (Lipinski definition) is 0. The minimum absolute atomic E-state index is 0.410. The molecule has 0 aliphatic heterocycles. The summed E-state index contributed by atoms with van der Waals surface area (Å²) in [7, 11) is 0. The van der Waals surface area contributed by atoms with E-state index in [-0.39, 0.29) is 0 Å². The molecule has 3 rings (SSSR count). The molecule has 112 valence electrons. The summed E-state index contributed by atoms with van der Waals surface area (Å²) in [5.74, 6) is 1.95.